The van der Waals surface area contributed by atoms with Crippen molar-refractivity contribution in [2.24, 2.45) is 0 Å². The van der Waals surface area contributed by atoms with Gasteiger partial charge in [0, 0.05) is 59.9 Å². The predicted molar refractivity (Wildman–Crippen MR) is 116 cm³/mol. The Morgan fingerprint density at radius 2 is 1.78 bits per heavy atom. The van der Waals surface area contributed by atoms with Crippen molar-refractivity contribution in [1.29, 1.82) is 10.5 Å². The zero-order chi connectivity index (χ0) is 22.5. The highest BCUT2D eigenvalue weighted by Crippen LogP contribution is 2.27. The molecule has 0 saturated heterocycles. The molecule has 4 aromatic heterocycles. The lowest BCUT2D eigenvalue weighted by Gasteiger charge is -2.11. The molecule has 4 aromatic rings. The fourth-order valence-corrected chi connectivity index (χ4v) is 3.24. The maximum absolute atomic E-state index is 15.1. The van der Waals surface area contributed by atoms with Crippen molar-refractivity contribution in [3.8, 4) is 34.5 Å². The molecule has 0 amide bonds. The standard InChI is InChI=1S/C24H16FN7/c1-15-6-18(2-4-29-15)23-19(10-27)8-17(12-31-23)13-32-24-22(25)21(3-5-30-24)20-7-16(9-26)11-28-14-20/h2-8,11-12,14H,13H2,1H3,(H,30,32). The van der Waals surface area contributed by atoms with E-state index in [0.29, 0.717) is 27.9 Å². The zero-order valence-corrected chi connectivity index (χ0v) is 17.0. The second kappa shape index (κ2) is 8.99. The minimum atomic E-state index is -0.554. The quantitative estimate of drug-likeness (QED) is 0.508. The average Bonchev–Trinajstić information content (AvgIpc) is 2.83. The molecule has 1 N–H and O–H groups in total. The predicted octanol–water partition coefficient (Wildman–Crippen LogP) is 4.40. The number of nitrogens with one attached hydrogen (secondary N) is 1. The van der Waals surface area contributed by atoms with Gasteiger partial charge in [0.1, 0.15) is 12.1 Å². The molecule has 8 heteroatoms. The first-order valence-corrected chi connectivity index (χ1v) is 9.65. The van der Waals surface area contributed by atoms with Crippen LogP contribution in [-0.2, 0) is 6.54 Å². The lowest BCUT2D eigenvalue weighted by molar-refractivity contribution is 0.627. The second-order valence-corrected chi connectivity index (χ2v) is 6.99. The van der Waals surface area contributed by atoms with Crippen LogP contribution in [0.2, 0.25) is 0 Å². The first kappa shape index (κ1) is 20.6. The molecule has 0 atom stereocenters. The maximum atomic E-state index is 15.1. The van der Waals surface area contributed by atoms with E-state index in [2.05, 4.69) is 31.3 Å². The van der Waals surface area contributed by atoms with Gasteiger partial charge in [-0.05, 0) is 42.8 Å². The molecule has 32 heavy (non-hydrogen) atoms. The summed E-state index contributed by atoms with van der Waals surface area (Å²) in [4.78, 5) is 16.7. The van der Waals surface area contributed by atoms with E-state index in [4.69, 9.17) is 5.26 Å². The highest BCUT2D eigenvalue weighted by atomic mass is 19.1. The highest BCUT2D eigenvalue weighted by molar-refractivity contribution is 5.68. The molecule has 0 aromatic carbocycles. The van der Waals surface area contributed by atoms with E-state index in [0.717, 1.165) is 11.3 Å². The van der Waals surface area contributed by atoms with Crippen molar-refractivity contribution in [1.82, 2.24) is 19.9 Å². The number of nitrogens with zero attached hydrogens (tertiary/aromatic N) is 6. The van der Waals surface area contributed by atoms with Crippen LogP contribution in [-0.4, -0.2) is 19.9 Å². The highest BCUT2D eigenvalue weighted by Gasteiger charge is 2.13. The first-order valence-electron chi connectivity index (χ1n) is 9.65. The van der Waals surface area contributed by atoms with Gasteiger partial charge in [0.25, 0.3) is 0 Å². The molecular weight excluding hydrogens is 405 g/mol. The van der Waals surface area contributed by atoms with Crippen LogP contribution in [0.15, 0.2) is 61.3 Å². The number of anilines is 1. The maximum Gasteiger partial charge on any atom is 0.173 e. The molecule has 0 aliphatic carbocycles. The van der Waals surface area contributed by atoms with Gasteiger partial charge in [-0.2, -0.15) is 10.5 Å². The van der Waals surface area contributed by atoms with Crippen molar-refractivity contribution >= 4 is 5.82 Å². The molecule has 0 saturated carbocycles. The Kier molecular flexibility index (Phi) is 5.78. The fourth-order valence-electron chi connectivity index (χ4n) is 3.24. The van der Waals surface area contributed by atoms with Crippen LogP contribution in [0.3, 0.4) is 0 Å². The summed E-state index contributed by atoms with van der Waals surface area (Å²) in [5.41, 5.74) is 4.43. The van der Waals surface area contributed by atoms with Gasteiger partial charge in [-0.15, -0.1) is 0 Å². The van der Waals surface area contributed by atoms with E-state index in [1.165, 1.54) is 24.7 Å². The molecule has 154 valence electrons. The Bertz CT molecular complexity index is 1390. The molecule has 4 rings (SSSR count). The third-order valence-electron chi connectivity index (χ3n) is 4.76. The average molecular weight is 421 g/mol. The zero-order valence-electron chi connectivity index (χ0n) is 17.0. The molecular formula is C24H16FN7. The Hall–Kier alpha value is -4.69. The second-order valence-electron chi connectivity index (χ2n) is 6.99. The Morgan fingerprint density at radius 3 is 2.56 bits per heavy atom. The van der Waals surface area contributed by atoms with Crippen LogP contribution in [0.1, 0.15) is 22.4 Å². The van der Waals surface area contributed by atoms with E-state index in [-0.39, 0.29) is 17.9 Å². The number of aryl methyl sites for hydroxylation is 1. The van der Waals surface area contributed by atoms with Gasteiger partial charge in [0.15, 0.2) is 11.6 Å². The fraction of sp³-hybridized carbons (Fsp3) is 0.0833. The number of hydrogen-bond donors (Lipinski definition) is 1. The largest absolute Gasteiger partial charge is 0.363 e. The Balaban J connectivity index is 1.58. The minimum absolute atomic E-state index is 0.0530. The smallest absolute Gasteiger partial charge is 0.173 e. The molecule has 4 heterocycles. The summed E-state index contributed by atoms with van der Waals surface area (Å²) in [6.07, 6.45) is 7.70. The van der Waals surface area contributed by atoms with Crippen molar-refractivity contribution in [2.45, 2.75) is 13.5 Å². The minimum Gasteiger partial charge on any atom is -0.363 e. The van der Waals surface area contributed by atoms with Crippen molar-refractivity contribution in [3.05, 3.63) is 89.5 Å². The summed E-state index contributed by atoms with van der Waals surface area (Å²) in [5.74, 6) is -0.501. The third kappa shape index (κ3) is 4.25. The molecule has 0 spiro atoms. The molecule has 0 bridgehead atoms. The number of hydrogen-bond acceptors (Lipinski definition) is 7. The molecule has 0 aliphatic heterocycles. The first-order chi connectivity index (χ1) is 15.6. The topological polar surface area (TPSA) is 111 Å². The van der Waals surface area contributed by atoms with Gasteiger partial charge < -0.3 is 5.32 Å². The van der Waals surface area contributed by atoms with Crippen LogP contribution in [0.5, 0.6) is 0 Å². The van der Waals surface area contributed by atoms with Gasteiger partial charge in [0.2, 0.25) is 0 Å². The molecule has 0 aliphatic rings. The molecule has 7 nitrogen and oxygen atoms in total. The van der Waals surface area contributed by atoms with Crippen molar-refractivity contribution < 1.29 is 4.39 Å². The van der Waals surface area contributed by atoms with Crippen LogP contribution >= 0.6 is 0 Å². The van der Waals surface area contributed by atoms with E-state index in [1.807, 2.05) is 19.1 Å². The monoisotopic (exact) mass is 421 g/mol. The molecule has 0 fully saturated rings. The van der Waals surface area contributed by atoms with Gasteiger partial charge in [-0.3, -0.25) is 15.0 Å². The van der Waals surface area contributed by atoms with Gasteiger partial charge in [-0.25, -0.2) is 9.37 Å². The lowest BCUT2D eigenvalue weighted by atomic mass is 10.0. The number of pyridine rings is 4. The van der Waals surface area contributed by atoms with E-state index >= 15 is 4.39 Å². The van der Waals surface area contributed by atoms with Gasteiger partial charge in [0.05, 0.1) is 16.8 Å². The van der Waals surface area contributed by atoms with Crippen LogP contribution < -0.4 is 5.32 Å². The molecule has 0 unspecified atom stereocenters. The number of rotatable bonds is 5. The Morgan fingerprint density at radius 1 is 0.938 bits per heavy atom. The summed E-state index contributed by atoms with van der Waals surface area (Å²) in [7, 11) is 0. The van der Waals surface area contributed by atoms with Crippen LogP contribution in [0.25, 0.3) is 22.4 Å². The summed E-state index contributed by atoms with van der Waals surface area (Å²) >= 11 is 0. The van der Waals surface area contributed by atoms with Crippen molar-refractivity contribution in [2.75, 3.05) is 5.32 Å². The van der Waals surface area contributed by atoms with E-state index in [1.54, 1.807) is 30.6 Å². The van der Waals surface area contributed by atoms with E-state index < -0.39 is 5.82 Å². The summed E-state index contributed by atoms with van der Waals surface area (Å²) < 4.78 is 15.1. The lowest BCUT2D eigenvalue weighted by Crippen LogP contribution is -2.06. The van der Waals surface area contributed by atoms with E-state index in [9.17, 15) is 5.26 Å². The van der Waals surface area contributed by atoms with Gasteiger partial charge in [-0.1, -0.05) is 0 Å². The van der Waals surface area contributed by atoms with Crippen LogP contribution in [0.4, 0.5) is 10.2 Å². The third-order valence-corrected chi connectivity index (χ3v) is 4.76. The molecule has 0 radical (unpaired) electrons. The van der Waals surface area contributed by atoms with Crippen molar-refractivity contribution in [3.63, 3.8) is 0 Å². The number of aromatic nitrogens is 4. The summed E-state index contributed by atoms with van der Waals surface area (Å²) in [6, 6.07) is 12.6. The normalized spacial score (nSPS) is 10.2. The van der Waals surface area contributed by atoms with Gasteiger partial charge >= 0.3 is 0 Å². The number of nitriles is 2. The van der Waals surface area contributed by atoms with Crippen LogP contribution in [0, 0.1) is 35.4 Å². The Labute approximate surface area is 183 Å². The summed E-state index contributed by atoms with van der Waals surface area (Å²) in [5, 5.41) is 21.6. The SMILES string of the molecule is Cc1cc(-c2ncc(CNc3nccc(-c4cncc(C#N)c4)c3F)cc2C#N)ccn1. The number of halogens is 1. The summed E-state index contributed by atoms with van der Waals surface area (Å²) in [6.45, 7) is 2.09.